The maximum atomic E-state index is 4.66. The summed E-state index contributed by atoms with van der Waals surface area (Å²) in [6, 6.07) is 5.80. The van der Waals surface area contributed by atoms with Crippen molar-refractivity contribution in [3.63, 3.8) is 0 Å². The third-order valence-corrected chi connectivity index (χ3v) is 2.40. The van der Waals surface area contributed by atoms with Crippen molar-refractivity contribution < 1.29 is 4.52 Å². The van der Waals surface area contributed by atoms with Gasteiger partial charge in [0.2, 0.25) is 12.2 Å². The fourth-order valence-electron chi connectivity index (χ4n) is 0.981. The van der Waals surface area contributed by atoms with E-state index in [1.807, 2.05) is 18.2 Å². The average molecular weight is 304 g/mol. The van der Waals surface area contributed by atoms with Gasteiger partial charge in [-0.1, -0.05) is 37.0 Å². The number of hydrogen-bond acceptors (Lipinski definition) is 3. The minimum Gasteiger partial charge on any atom is -0.342 e. The highest BCUT2D eigenvalue weighted by Gasteiger charge is 2.04. The van der Waals surface area contributed by atoms with Crippen molar-refractivity contribution in [1.29, 1.82) is 0 Å². The zero-order valence-corrected chi connectivity index (χ0v) is 9.54. The maximum Gasteiger partial charge on any atom is 0.214 e. The van der Waals surface area contributed by atoms with Crippen LogP contribution in [0.4, 0.5) is 0 Å². The van der Waals surface area contributed by atoms with Crippen molar-refractivity contribution in [3.05, 3.63) is 33.5 Å². The molecular weight excluding hydrogens is 300 g/mol. The molecule has 0 radical (unpaired) electrons. The fourth-order valence-corrected chi connectivity index (χ4v) is 2.27. The molecule has 0 atom stereocenters. The van der Waals surface area contributed by atoms with E-state index in [0.29, 0.717) is 5.82 Å². The van der Waals surface area contributed by atoms with Gasteiger partial charge in [-0.2, -0.15) is 4.98 Å². The molecule has 0 bridgehead atoms. The molecule has 0 spiro atoms. The van der Waals surface area contributed by atoms with Gasteiger partial charge in [0.05, 0.1) is 0 Å². The lowest BCUT2D eigenvalue weighted by Crippen LogP contribution is -1.80. The van der Waals surface area contributed by atoms with E-state index in [1.54, 1.807) is 0 Å². The van der Waals surface area contributed by atoms with Crippen LogP contribution >= 0.6 is 31.9 Å². The molecule has 0 amide bonds. The van der Waals surface area contributed by atoms with Crippen molar-refractivity contribution >= 4 is 31.9 Å². The van der Waals surface area contributed by atoms with Gasteiger partial charge >= 0.3 is 0 Å². The molecule has 1 aromatic heterocycles. The summed E-state index contributed by atoms with van der Waals surface area (Å²) in [7, 11) is 0. The lowest BCUT2D eigenvalue weighted by atomic mass is 10.2. The summed E-state index contributed by atoms with van der Waals surface area (Å²) in [6.45, 7) is 0. The second-order valence-electron chi connectivity index (χ2n) is 2.41. The first-order valence-corrected chi connectivity index (χ1v) is 5.07. The summed E-state index contributed by atoms with van der Waals surface area (Å²) in [5.41, 5.74) is 0.912. The van der Waals surface area contributed by atoms with Crippen molar-refractivity contribution in [3.8, 4) is 11.4 Å². The molecule has 0 saturated heterocycles. The van der Waals surface area contributed by atoms with Crippen LogP contribution in [0.15, 0.2) is 38.1 Å². The van der Waals surface area contributed by atoms with Gasteiger partial charge in [0.15, 0.2) is 0 Å². The molecule has 0 aliphatic heterocycles. The van der Waals surface area contributed by atoms with Crippen LogP contribution in [0.25, 0.3) is 11.4 Å². The molecule has 0 N–H and O–H groups in total. The van der Waals surface area contributed by atoms with E-state index in [4.69, 9.17) is 0 Å². The van der Waals surface area contributed by atoms with Crippen LogP contribution < -0.4 is 0 Å². The number of benzene rings is 1. The predicted octanol–water partition coefficient (Wildman–Crippen LogP) is 3.26. The summed E-state index contributed by atoms with van der Waals surface area (Å²) in [5, 5.41) is 3.74. The summed E-state index contributed by atoms with van der Waals surface area (Å²) in [6.07, 6.45) is 1.31. The van der Waals surface area contributed by atoms with Gasteiger partial charge in [0.1, 0.15) is 0 Å². The Morgan fingerprint density at radius 1 is 1.08 bits per heavy atom. The second-order valence-corrected chi connectivity index (χ2v) is 4.24. The number of hydrogen-bond donors (Lipinski definition) is 0. The maximum absolute atomic E-state index is 4.66. The Morgan fingerprint density at radius 2 is 1.77 bits per heavy atom. The van der Waals surface area contributed by atoms with E-state index >= 15 is 0 Å². The van der Waals surface area contributed by atoms with Crippen LogP contribution in [-0.4, -0.2) is 10.1 Å². The van der Waals surface area contributed by atoms with Crippen LogP contribution in [0.2, 0.25) is 0 Å². The lowest BCUT2D eigenvalue weighted by Gasteiger charge is -1.97. The zero-order chi connectivity index (χ0) is 9.26. The first kappa shape index (κ1) is 8.90. The molecule has 0 saturated carbocycles. The van der Waals surface area contributed by atoms with Gasteiger partial charge < -0.3 is 4.52 Å². The Labute approximate surface area is 91.4 Å². The predicted molar refractivity (Wildman–Crippen MR) is 55.1 cm³/mol. The minimum atomic E-state index is 0.585. The minimum absolute atomic E-state index is 0.585. The third kappa shape index (κ3) is 1.97. The molecule has 1 aromatic carbocycles. The van der Waals surface area contributed by atoms with E-state index in [0.717, 1.165) is 14.5 Å². The third-order valence-electron chi connectivity index (χ3n) is 1.48. The van der Waals surface area contributed by atoms with Gasteiger partial charge in [-0.25, -0.2) is 0 Å². The number of nitrogens with zero attached hydrogens (tertiary/aromatic N) is 2. The lowest BCUT2D eigenvalue weighted by molar-refractivity contribution is 0.419. The Bertz CT molecular complexity index is 394. The first-order chi connectivity index (χ1) is 6.25. The number of rotatable bonds is 1. The Hall–Kier alpha value is -0.680. The normalized spacial score (nSPS) is 10.3. The topological polar surface area (TPSA) is 38.9 Å². The number of aromatic nitrogens is 2. The first-order valence-electron chi connectivity index (χ1n) is 3.48. The van der Waals surface area contributed by atoms with Crippen LogP contribution in [0, 0.1) is 0 Å². The van der Waals surface area contributed by atoms with Gasteiger partial charge in [0.25, 0.3) is 0 Å². The molecule has 2 aromatic rings. The van der Waals surface area contributed by atoms with Crippen molar-refractivity contribution in [2.75, 3.05) is 0 Å². The summed E-state index contributed by atoms with van der Waals surface area (Å²) < 4.78 is 6.60. The van der Waals surface area contributed by atoms with Crippen molar-refractivity contribution in [1.82, 2.24) is 10.1 Å². The molecule has 1 heterocycles. The summed E-state index contributed by atoms with van der Waals surface area (Å²) >= 11 is 6.76. The quantitative estimate of drug-likeness (QED) is 0.811. The van der Waals surface area contributed by atoms with Gasteiger partial charge in [-0.05, 0) is 18.2 Å². The van der Waals surface area contributed by atoms with Crippen molar-refractivity contribution in [2.45, 2.75) is 0 Å². The molecule has 0 unspecified atom stereocenters. The molecule has 0 aliphatic carbocycles. The zero-order valence-electron chi connectivity index (χ0n) is 6.37. The smallest absolute Gasteiger partial charge is 0.214 e. The summed E-state index contributed by atoms with van der Waals surface area (Å²) in [5.74, 6) is 0.585. The Morgan fingerprint density at radius 3 is 2.31 bits per heavy atom. The van der Waals surface area contributed by atoms with Crippen LogP contribution in [0.3, 0.4) is 0 Å². The second kappa shape index (κ2) is 3.59. The number of halogens is 2. The molecule has 5 heteroatoms. The fraction of sp³-hybridized carbons (Fsp3) is 0. The van der Waals surface area contributed by atoms with E-state index in [1.165, 1.54) is 6.39 Å². The van der Waals surface area contributed by atoms with Crippen LogP contribution in [0.1, 0.15) is 0 Å². The van der Waals surface area contributed by atoms with Crippen molar-refractivity contribution in [2.24, 2.45) is 0 Å². The SMILES string of the molecule is Brc1cc(Br)cc(-c2ncon2)c1. The molecule has 0 aliphatic rings. The Balaban J connectivity index is 2.53. The highest BCUT2D eigenvalue weighted by Crippen LogP contribution is 2.25. The van der Waals surface area contributed by atoms with Gasteiger partial charge in [-0.15, -0.1) is 0 Å². The molecular formula is C8H4Br2N2O. The molecule has 0 fully saturated rings. The van der Waals surface area contributed by atoms with Crippen LogP contribution in [0.5, 0.6) is 0 Å². The molecule has 13 heavy (non-hydrogen) atoms. The highest BCUT2D eigenvalue weighted by molar-refractivity contribution is 9.11. The summed E-state index contributed by atoms with van der Waals surface area (Å²) in [4.78, 5) is 3.95. The molecule has 2 rings (SSSR count). The van der Waals surface area contributed by atoms with Gasteiger partial charge in [-0.3, -0.25) is 0 Å². The van der Waals surface area contributed by atoms with Gasteiger partial charge in [0, 0.05) is 14.5 Å². The molecule has 3 nitrogen and oxygen atoms in total. The van der Waals surface area contributed by atoms with E-state index in [2.05, 4.69) is 46.5 Å². The largest absolute Gasteiger partial charge is 0.342 e. The average Bonchev–Trinajstić information content (AvgIpc) is 2.53. The van der Waals surface area contributed by atoms with E-state index in [9.17, 15) is 0 Å². The molecule has 66 valence electrons. The monoisotopic (exact) mass is 302 g/mol. The standard InChI is InChI=1S/C8H4Br2N2O/c9-6-1-5(2-7(10)3-6)8-11-4-13-12-8/h1-4H. The van der Waals surface area contributed by atoms with E-state index < -0.39 is 0 Å². The van der Waals surface area contributed by atoms with Crippen LogP contribution in [-0.2, 0) is 0 Å². The Kier molecular flexibility index (Phi) is 2.46. The highest BCUT2D eigenvalue weighted by atomic mass is 79.9. The van der Waals surface area contributed by atoms with E-state index in [-0.39, 0.29) is 0 Å².